The first-order chi connectivity index (χ1) is 10.1. The summed E-state index contributed by atoms with van der Waals surface area (Å²) in [6, 6.07) is 0. The molecule has 0 radical (unpaired) electrons. The van der Waals surface area contributed by atoms with Crippen molar-refractivity contribution in [3.05, 3.63) is 0 Å². The molecule has 0 aliphatic rings. The van der Waals surface area contributed by atoms with Crippen molar-refractivity contribution in [3.8, 4) is 0 Å². The summed E-state index contributed by atoms with van der Waals surface area (Å²) in [6.07, 6.45) is 0.703. The van der Waals surface area contributed by atoms with Crippen LogP contribution in [0.1, 0.15) is 47.0 Å². The monoisotopic (exact) mass is 360 g/mol. The molecule has 3 atom stereocenters. The van der Waals surface area contributed by atoms with E-state index in [9.17, 15) is 22.6 Å². The largest absolute Gasteiger partial charge is 1.00 e. The van der Waals surface area contributed by atoms with Gasteiger partial charge in [0.25, 0.3) is 0 Å². The molecule has 0 N–H and O–H groups in total. The van der Waals surface area contributed by atoms with Crippen molar-refractivity contribution in [2.24, 2.45) is 11.8 Å². The van der Waals surface area contributed by atoms with Crippen LogP contribution in [0.15, 0.2) is 0 Å². The fourth-order valence-electron chi connectivity index (χ4n) is 1.30. The van der Waals surface area contributed by atoms with Crippen molar-refractivity contribution in [3.63, 3.8) is 0 Å². The maximum atomic E-state index is 11.7. The molecule has 0 aromatic heterocycles. The first-order valence-corrected chi connectivity index (χ1v) is 8.85. The van der Waals surface area contributed by atoms with Crippen LogP contribution in [0.4, 0.5) is 0 Å². The number of hydrogen-bond acceptors (Lipinski definition) is 7. The van der Waals surface area contributed by atoms with Crippen LogP contribution in [0.2, 0.25) is 0 Å². The van der Waals surface area contributed by atoms with Gasteiger partial charge < -0.3 is 14.0 Å². The van der Waals surface area contributed by atoms with Crippen molar-refractivity contribution in [1.82, 2.24) is 0 Å². The van der Waals surface area contributed by atoms with Gasteiger partial charge in [-0.25, -0.2) is 8.42 Å². The molecule has 0 spiro atoms. The topological polar surface area (TPSA) is 110 Å². The van der Waals surface area contributed by atoms with Crippen LogP contribution in [-0.2, 0) is 29.2 Å². The van der Waals surface area contributed by atoms with Gasteiger partial charge in [0.1, 0.15) is 10.1 Å². The normalized spacial score (nSPS) is 15.0. The predicted molar refractivity (Wildman–Crippen MR) is 78.9 cm³/mol. The van der Waals surface area contributed by atoms with E-state index in [4.69, 9.17) is 9.47 Å². The molecule has 9 heteroatoms. The van der Waals surface area contributed by atoms with Gasteiger partial charge in [0.05, 0.1) is 19.6 Å². The van der Waals surface area contributed by atoms with Gasteiger partial charge in [-0.2, -0.15) is 0 Å². The van der Waals surface area contributed by atoms with Crippen LogP contribution in [0.5, 0.6) is 0 Å². The van der Waals surface area contributed by atoms with Gasteiger partial charge >= 0.3 is 41.5 Å². The van der Waals surface area contributed by atoms with Crippen LogP contribution in [0.3, 0.4) is 0 Å². The van der Waals surface area contributed by atoms with Crippen LogP contribution in [0.25, 0.3) is 0 Å². The molecule has 0 saturated carbocycles. The Hall–Kier alpha value is -0.150. The zero-order valence-corrected chi connectivity index (χ0v) is 17.4. The summed E-state index contributed by atoms with van der Waals surface area (Å²) in [5.74, 6) is -1.94. The Morgan fingerprint density at radius 1 is 1.00 bits per heavy atom. The molecule has 7 nitrogen and oxygen atoms in total. The molecule has 0 aliphatic heterocycles. The quantitative estimate of drug-likeness (QED) is 0.264. The van der Waals surface area contributed by atoms with Gasteiger partial charge in [0.2, 0.25) is 0 Å². The van der Waals surface area contributed by atoms with Crippen LogP contribution < -0.4 is 29.6 Å². The molecule has 0 amide bonds. The molecule has 0 bridgehead atoms. The molecule has 23 heavy (non-hydrogen) atoms. The van der Waals surface area contributed by atoms with Crippen molar-refractivity contribution in [1.29, 1.82) is 0 Å². The molecule has 3 unspecified atom stereocenters. The summed E-state index contributed by atoms with van der Waals surface area (Å²) >= 11 is 0. The van der Waals surface area contributed by atoms with E-state index in [2.05, 4.69) is 0 Å². The average Bonchev–Trinajstić information content (AvgIpc) is 2.45. The maximum absolute atomic E-state index is 11.7. The molecule has 0 rings (SSSR count). The number of hydrogen-bond donors (Lipinski definition) is 0. The number of esters is 2. The Morgan fingerprint density at radius 2 is 1.43 bits per heavy atom. The van der Waals surface area contributed by atoms with Crippen molar-refractivity contribution >= 4 is 22.1 Å². The molecular formula is C14H25NaO7S. The second-order valence-corrected chi connectivity index (χ2v) is 7.08. The van der Waals surface area contributed by atoms with E-state index in [1.807, 2.05) is 27.7 Å². The molecule has 0 heterocycles. The Balaban J connectivity index is 0. The van der Waals surface area contributed by atoms with E-state index in [-0.39, 0.29) is 54.6 Å². The predicted octanol–water partition coefficient (Wildman–Crippen LogP) is -1.53. The third kappa shape index (κ3) is 11.1. The van der Waals surface area contributed by atoms with Gasteiger partial charge in [-0.3, -0.25) is 9.59 Å². The van der Waals surface area contributed by atoms with Gasteiger partial charge in [-0.05, 0) is 11.8 Å². The van der Waals surface area contributed by atoms with Gasteiger partial charge in [0.15, 0.2) is 5.25 Å². The minimum absolute atomic E-state index is 0. The summed E-state index contributed by atoms with van der Waals surface area (Å²) < 4.78 is 43.1. The SMILES string of the molecule is CCC(C)COC(=O)CC(C(=O)OCC(C)CC)S(=O)(=O)[O-].[Na+]. The smallest absolute Gasteiger partial charge is 0.747 e. The molecule has 0 aromatic carbocycles. The first kappa shape index (κ1) is 25.1. The van der Waals surface area contributed by atoms with Crippen molar-refractivity contribution in [2.75, 3.05) is 13.2 Å². The van der Waals surface area contributed by atoms with E-state index >= 15 is 0 Å². The minimum atomic E-state index is -4.98. The van der Waals surface area contributed by atoms with E-state index in [0.29, 0.717) is 0 Å². The van der Waals surface area contributed by atoms with E-state index in [1.54, 1.807) is 0 Å². The first-order valence-electron chi connectivity index (χ1n) is 7.38. The summed E-state index contributed by atoms with van der Waals surface area (Å²) in [5.41, 5.74) is 0. The van der Waals surface area contributed by atoms with Crippen molar-refractivity contribution in [2.45, 2.75) is 52.2 Å². The second-order valence-electron chi connectivity index (χ2n) is 5.53. The van der Waals surface area contributed by atoms with E-state index in [1.165, 1.54) is 0 Å². The number of carbonyl (C=O) groups is 2. The third-order valence-corrected chi connectivity index (χ3v) is 4.45. The second kappa shape index (κ2) is 12.2. The van der Waals surface area contributed by atoms with Gasteiger partial charge in [-0.15, -0.1) is 0 Å². The summed E-state index contributed by atoms with van der Waals surface area (Å²) in [4.78, 5) is 23.3. The van der Waals surface area contributed by atoms with Crippen LogP contribution in [-0.4, -0.2) is 43.4 Å². The molecular weight excluding hydrogens is 335 g/mol. The number of rotatable bonds is 10. The maximum Gasteiger partial charge on any atom is 1.00 e. The molecule has 0 fully saturated rings. The van der Waals surface area contributed by atoms with Crippen LogP contribution >= 0.6 is 0 Å². The number of ether oxygens (including phenoxy) is 2. The summed E-state index contributed by atoms with van der Waals surface area (Å²) in [5, 5.41) is -2.05. The van der Waals surface area contributed by atoms with E-state index < -0.39 is 33.7 Å². The molecule has 0 aliphatic carbocycles. The zero-order chi connectivity index (χ0) is 17.3. The summed E-state index contributed by atoms with van der Waals surface area (Å²) in [7, 11) is -4.98. The fourth-order valence-corrected chi connectivity index (χ4v) is 1.95. The van der Waals surface area contributed by atoms with Crippen LogP contribution in [0, 0.1) is 11.8 Å². The Kier molecular flexibility index (Phi) is 13.4. The molecule has 0 aromatic rings. The van der Waals surface area contributed by atoms with Crippen molar-refractivity contribution < 1.29 is 61.6 Å². The zero-order valence-electron chi connectivity index (χ0n) is 14.5. The molecule has 0 saturated heterocycles. The fraction of sp³-hybridized carbons (Fsp3) is 0.857. The standard InChI is InChI=1S/C14H26O7S.Na/c1-5-10(3)8-20-13(15)7-12(22(17,18)19)14(16)21-9-11(4)6-2;/h10-12H,5-9H2,1-4H3,(H,17,18,19);/q;+1/p-1. The van der Waals surface area contributed by atoms with Gasteiger partial charge in [-0.1, -0.05) is 40.5 Å². The Labute approximate surface area is 160 Å². The van der Waals surface area contributed by atoms with Gasteiger partial charge in [0, 0.05) is 0 Å². The number of carbonyl (C=O) groups excluding carboxylic acids is 2. The average molecular weight is 360 g/mol. The Morgan fingerprint density at radius 3 is 1.83 bits per heavy atom. The molecule has 130 valence electrons. The van der Waals surface area contributed by atoms with E-state index in [0.717, 1.165) is 12.8 Å². The third-order valence-electron chi connectivity index (χ3n) is 3.40. The minimum Gasteiger partial charge on any atom is -0.747 e. The summed E-state index contributed by atoms with van der Waals surface area (Å²) in [6.45, 7) is 7.58. The Bertz CT molecular complexity index is 464.